The number of rotatable bonds is 4. The van der Waals surface area contributed by atoms with Gasteiger partial charge in [-0.3, -0.25) is 4.79 Å². The van der Waals surface area contributed by atoms with Crippen molar-refractivity contribution < 1.29 is 4.79 Å². The van der Waals surface area contributed by atoms with Crippen molar-refractivity contribution >= 4 is 40.2 Å². The number of carbonyl (C=O) groups excluding carboxylic acids is 1. The number of aromatic nitrogens is 1. The second kappa shape index (κ2) is 6.67. The van der Waals surface area contributed by atoms with Crippen LogP contribution in [0.3, 0.4) is 0 Å². The van der Waals surface area contributed by atoms with Gasteiger partial charge in [-0.1, -0.05) is 32.4 Å². The zero-order chi connectivity index (χ0) is 16.3. The molecule has 22 heavy (non-hydrogen) atoms. The lowest BCUT2D eigenvalue weighted by molar-refractivity contribution is -0.123. The van der Waals surface area contributed by atoms with Crippen molar-refractivity contribution in [1.29, 1.82) is 0 Å². The number of nitrogens with one attached hydrogen (secondary N) is 2. The van der Waals surface area contributed by atoms with Crippen LogP contribution in [-0.4, -0.2) is 10.9 Å². The maximum atomic E-state index is 12.0. The van der Waals surface area contributed by atoms with Crippen LogP contribution < -0.4 is 10.6 Å². The maximum Gasteiger partial charge on any atom is 0.229 e. The highest BCUT2D eigenvalue weighted by molar-refractivity contribution is 7.15. The first-order chi connectivity index (χ1) is 10.3. The van der Waals surface area contributed by atoms with Crippen LogP contribution in [0.25, 0.3) is 0 Å². The monoisotopic (exact) mass is 337 g/mol. The van der Waals surface area contributed by atoms with E-state index in [9.17, 15) is 4.79 Å². The van der Waals surface area contributed by atoms with Gasteiger partial charge in [-0.25, -0.2) is 4.98 Å². The standard InChI is InChI=1S/C16H20ClN3OS/c1-10-7-11(18-8-12-9-19-15(17)22-12)5-6-13(10)20-14(21)16(2,3)4/h5-7,9,18H,8H2,1-4H3,(H,20,21). The summed E-state index contributed by atoms with van der Waals surface area (Å²) in [7, 11) is 0. The Morgan fingerprint density at radius 3 is 2.64 bits per heavy atom. The summed E-state index contributed by atoms with van der Waals surface area (Å²) in [6.07, 6.45) is 1.77. The molecular formula is C16H20ClN3OS. The van der Waals surface area contributed by atoms with Crippen LogP contribution in [0.15, 0.2) is 24.4 Å². The number of hydrogen-bond acceptors (Lipinski definition) is 4. The molecule has 1 amide bonds. The molecule has 0 saturated heterocycles. The van der Waals surface area contributed by atoms with Gasteiger partial charge < -0.3 is 10.6 Å². The Morgan fingerprint density at radius 2 is 2.09 bits per heavy atom. The number of amides is 1. The maximum absolute atomic E-state index is 12.0. The van der Waals surface area contributed by atoms with Crippen LogP contribution >= 0.6 is 22.9 Å². The summed E-state index contributed by atoms with van der Waals surface area (Å²) in [5.41, 5.74) is 2.45. The summed E-state index contributed by atoms with van der Waals surface area (Å²) in [6, 6.07) is 5.88. The van der Waals surface area contributed by atoms with E-state index in [1.54, 1.807) is 6.20 Å². The number of thiazole rings is 1. The third-order valence-corrected chi connectivity index (χ3v) is 4.26. The van der Waals surface area contributed by atoms with Crippen LogP contribution in [-0.2, 0) is 11.3 Å². The number of carbonyl (C=O) groups is 1. The van der Waals surface area contributed by atoms with Gasteiger partial charge in [0.05, 0.1) is 6.54 Å². The molecule has 0 radical (unpaired) electrons. The molecule has 0 fully saturated rings. The summed E-state index contributed by atoms with van der Waals surface area (Å²) in [5.74, 6) is 0.00982. The molecule has 1 heterocycles. The Kier molecular flexibility index (Phi) is 5.08. The van der Waals surface area contributed by atoms with E-state index >= 15 is 0 Å². The van der Waals surface area contributed by atoms with E-state index in [1.165, 1.54) is 11.3 Å². The summed E-state index contributed by atoms with van der Waals surface area (Å²) < 4.78 is 0.549. The van der Waals surface area contributed by atoms with Crippen LogP contribution in [0, 0.1) is 12.3 Å². The second-order valence-electron chi connectivity index (χ2n) is 6.17. The number of anilines is 2. The molecule has 2 aromatic rings. The van der Waals surface area contributed by atoms with Gasteiger partial charge in [-0.15, -0.1) is 11.3 Å². The molecule has 1 aromatic heterocycles. The Morgan fingerprint density at radius 1 is 1.36 bits per heavy atom. The highest BCUT2D eigenvalue weighted by atomic mass is 35.5. The van der Waals surface area contributed by atoms with Gasteiger partial charge in [-0.05, 0) is 30.7 Å². The summed E-state index contributed by atoms with van der Waals surface area (Å²) in [5, 5.41) is 6.29. The SMILES string of the molecule is Cc1cc(NCc2cnc(Cl)s2)ccc1NC(=O)C(C)(C)C. The van der Waals surface area contributed by atoms with Gasteiger partial charge in [0.1, 0.15) is 0 Å². The van der Waals surface area contributed by atoms with Crippen LogP contribution in [0.2, 0.25) is 4.47 Å². The molecule has 2 N–H and O–H groups in total. The molecule has 118 valence electrons. The fourth-order valence-electron chi connectivity index (χ4n) is 1.78. The van der Waals surface area contributed by atoms with Crippen molar-refractivity contribution in [3.05, 3.63) is 39.3 Å². The van der Waals surface area contributed by atoms with Crippen molar-refractivity contribution in [3.63, 3.8) is 0 Å². The molecular weight excluding hydrogens is 318 g/mol. The largest absolute Gasteiger partial charge is 0.380 e. The number of aryl methyl sites for hydroxylation is 1. The minimum atomic E-state index is -0.408. The molecule has 0 spiro atoms. The number of nitrogens with zero attached hydrogens (tertiary/aromatic N) is 1. The van der Waals surface area contributed by atoms with E-state index in [4.69, 9.17) is 11.6 Å². The predicted octanol–water partition coefficient (Wildman–Crippen LogP) is 4.70. The average molecular weight is 338 g/mol. The average Bonchev–Trinajstić information content (AvgIpc) is 2.84. The normalized spacial score (nSPS) is 11.3. The minimum Gasteiger partial charge on any atom is -0.380 e. The lowest BCUT2D eigenvalue weighted by atomic mass is 9.95. The van der Waals surface area contributed by atoms with E-state index in [0.29, 0.717) is 11.0 Å². The van der Waals surface area contributed by atoms with Gasteiger partial charge in [0.15, 0.2) is 4.47 Å². The minimum absolute atomic E-state index is 0.00982. The van der Waals surface area contributed by atoms with Crippen LogP contribution in [0.1, 0.15) is 31.2 Å². The van der Waals surface area contributed by atoms with E-state index in [-0.39, 0.29) is 5.91 Å². The van der Waals surface area contributed by atoms with Gasteiger partial charge in [0.25, 0.3) is 0 Å². The molecule has 0 aliphatic carbocycles. The van der Waals surface area contributed by atoms with Gasteiger partial charge in [0, 0.05) is 27.9 Å². The van der Waals surface area contributed by atoms with E-state index in [2.05, 4.69) is 15.6 Å². The Balaban J connectivity index is 2.01. The van der Waals surface area contributed by atoms with Gasteiger partial charge >= 0.3 is 0 Å². The molecule has 0 aliphatic heterocycles. The van der Waals surface area contributed by atoms with Crippen molar-refractivity contribution in [3.8, 4) is 0 Å². The zero-order valence-corrected chi connectivity index (χ0v) is 14.7. The first-order valence-corrected chi connectivity index (χ1v) is 8.21. The zero-order valence-electron chi connectivity index (χ0n) is 13.2. The molecule has 1 aromatic carbocycles. The molecule has 0 bridgehead atoms. The molecule has 0 aliphatic rings. The first-order valence-electron chi connectivity index (χ1n) is 7.02. The fourth-order valence-corrected chi connectivity index (χ4v) is 2.70. The van der Waals surface area contributed by atoms with Crippen molar-refractivity contribution in [2.75, 3.05) is 10.6 Å². The third kappa shape index (κ3) is 4.45. The van der Waals surface area contributed by atoms with Crippen molar-refractivity contribution in [2.45, 2.75) is 34.2 Å². The highest BCUT2D eigenvalue weighted by Crippen LogP contribution is 2.24. The number of halogens is 1. The topological polar surface area (TPSA) is 54.0 Å². The fraction of sp³-hybridized carbons (Fsp3) is 0.375. The van der Waals surface area contributed by atoms with E-state index in [0.717, 1.165) is 21.8 Å². The molecule has 0 unspecified atom stereocenters. The summed E-state index contributed by atoms with van der Waals surface area (Å²) >= 11 is 7.27. The Bertz CT molecular complexity index is 676. The first kappa shape index (κ1) is 16.8. The Labute approximate surface area is 139 Å². The highest BCUT2D eigenvalue weighted by Gasteiger charge is 2.21. The molecule has 4 nitrogen and oxygen atoms in total. The number of hydrogen-bond donors (Lipinski definition) is 2. The molecule has 2 rings (SSSR count). The third-order valence-electron chi connectivity index (χ3n) is 3.15. The van der Waals surface area contributed by atoms with E-state index in [1.807, 2.05) is 45.9 Å². The number of benzene rings is 1. The smallest absolute Gasteiger partial charge is 0.229 e. The molecule has 0 atom stereocenters. The summed E-state index contributed by atoms with van der Waals surface area (Å²) in [4.78, 5) is 17.1. The van der Waals surface area contributed by atoms with Gasteiger partial charge in [0.2, 0.25) is 5.91 Å². The molecule has 6 heteroatoms. The van der Waals surface area contributed by atoms with Crippen molar-refractivity contribution in [1.82, 2.24) is 4.98 Å². The molecule has 0 saturated carbocycles. The predicted molar refractivity (Wildman–Crippen MR) is 93.7 cm³/mol. The summed E-state index contributed by atoms with van der Waals surface area (Å²) in [6.45, 7) is 8.35. The lowest BCUT2D eigenvalue weighted by Crippen LogP contribution is -2.27. The Hall–Kier alpha value is -1.59. The van der Waals surface area contributed by atoms with Crippen LogP contribution in [0.4, 0.5) is 11.4 Å². The quantitative estimate of drug-likeness (QED) is 0.850. The lowest BCUT2D eigenvalue weighted by Gasteiger charge is -2.19. The second-order valence-corrected chi connectivity index (χ2v) is 7.86. The van der Waals surface area contributed by atoms with Crippen LogP contribution in [0.5, 0.6) is 0 Å². The van der Waals surface area contributed by atoms with Crippen molar-refractivity contribution in [2.24, 2.45) is 5.41 Å². The van der Waals surface area contributed by atoms with Gasteiger partial charge in [-0.2, -0.15) is 0 Å². The van der Waals surface area contributed by atoms with E-state index < -0.39 is 5.41 Å².